The van der Waals surface area contributed by atoms with Crippen molar-refractivity contribution < 1.29 is 4.79 Å². The third kappa shape index (κ3) is 2.96. The smallest absolute Gasteiger partial charge is 0.276 e. The van der Waals surface area contributed by atoms with E-state index in [0.29, 0.717) is 11.6 Å². The number of hydrogen-bond acceptors (Lipinski definition) is 4. The first kappa shape index (κ1) is 14.2. The highest BCUT2D eigenvalue weighted by Crippen LogP contribution is 2.16. The van der Waals surface area contributed by atoms with E-state index in [9.17, 15) is 4.79 Å². The molecule has 1 amide bonds. The molecule has 0 saturated heterocycles. The second kappa shape index (κ2) is 5.95. The van der Waals surface area contributed by atoms with Gasteiger partial charge in [-0.1, -0.05) is 29.3 Å². The first-order valence-electron chi connectivity index (χ1n) is 6.52. The average Bonchev–Trinajstić information content (AvgIpc) is 3.04. The van der Waals surface area contributed by atoms with Crippen LogP contribution in [0.25, 0.3) is 5.95 Å². The molecule has 3 aromatic rings. The van der Waals surface area contributed by atoms with Crippen LogP contribution in [0.2, 0.25) is 5.02 Å². The number of amides is 1. The second-order valence-corrected chi connectivity index (χ2v) is 5.06. The molecule has 1 N–H and O–H groups in total. The van der Waals surface area contributed by atoms with Crippen molar-refractivity contribution in [1.29, 1.82) is 0 Å². The first-order valence-corrected chi connectivity index (χ1v) is 6.90. The number of anilines is 1. The Morgan fingerprint density at radius 2 is 2.05 bits per heavy atom. The molecule has 0 aliphatic rings. The molecule has 0 bridgehead atoms. The molecule has 0 radical (unpaired) electrons. The Morgan fingerprint density at radius 3 is 2.73 bits per heavy atom. The van der Waals surface area contributed by atoms with Gasteiger partial charge in [0.15, 0.2) is 5.69 Å². The van der Waals surface area contributed by atoms with Gasteiger partial charge in [-0.05, 0) is 19.1 Å². The van der Waals surface area contributed by atoms with Crippen molar-refractivity contribution in [2.75, 3.05) is 5.32 Å². The summed E-state index contributed by atoms with van der Waals surface area (Å²) in [5.41, 5.74) is 1.90. The summed E-state index contributed by atoms with van der Waals surface area (Å²) in [6, 6.07) is 7.46. The van der Waals surface area contributed by atoms with Crippen LogP contribution in [0.15, 0.2) is 49.2 Å². The summed E-state index contributed by atoms with van der Waals surface area (Å²) in [4.78, 5) is 24.5. The van der Waals surface area contributed by atoms with E-state index >= 15 is 0 Å². The van der Waals surface area contributed by atoms with Crippen LogP contribution in [0, 0.1) is 6.92 Å². The van der Waals surface area contributed by atoms with Gasteiger partial charge in [0.25, 0.3) is 5.91 Å². The van der Waals surface area contributed by atoms with Gasteiger partial charge in [0.1, 0.15) is 6.33 Å². The minimum atomic E-state index is -0.391. The Kier molecular flexibility index (Phi) is 3.84. The molecule has 0 aliphatic heterocycles. The van der Waals surface area contributed by atoms with Gasteiger partial charge in [-0.3, -0.25) is 9.36 Å². The third-order valence-electron chi connectivity index (χ3n) is 2.99. The Hall–Kier alpha value is -2.73. The summed E-state index contributed by atoms with van der Waals surface area (Å²) in [6.07, 6.45) is 6.23. The maximum Gasteiger partial charge on any atom is 0.276 e. The predicted molar refractivity (Wildman–Crippen MR) is 83.3 cm³/mol. The molecule has 0 unspecified atom stereocenters. The Balaban J connectivity index is 1.88. The third-order valence-corrected chi connectivity index (χ3v) is 3.27. The van der Waals surface area contributed by atoms with Crippen LogP contribution in [0.4, 0.5) is 5.69 Å². The topological polar surface area (TPSA) is 72.7 Å². The summed E-state index contributed by atoms with van der Waals surface area (Å²) >= 11 is 6.03. The number of nitrogens with zero attached hydrogens (tertiary/aromatic N) is 4. The molecular weight excluding hydrogens is 302 g/mol. The number of rotatable bonds is 3. The van der Waals surface area contributed by atoms with Crippen LogP contribution < -0.4 is 5.32 Å². The maximum absolute atomic E-state index is 12.3. The van der Waals surface area contributed by atoms with Crippen molar-refractivity contribution in [2.24, 2.45) is 0 Å². The minimum Gasteiger partial charge on any atom is -0.321 e. The maximum atomic E-state index is 12.3. The lowest BCUT2D eigenvalue weighted by Crippen LogP contribution is -2.16. The van der Waals surface area contributed by atoms with Crippen molar-refractivity contribution in [3.8, 4) is 5.95 Å². The molecule has 0 spiro atoms. The standard InChI is InChI=1S/C15H12ClN5O/c1-10-2-4-11(5-3-10)19-14(22)13-12(16)8-18-15(20-13)21-7-6-17-9-21/h2-9H,1H3,(H,19,22). The lowest BCUT2D eigenvalue weighted by Gasteiger charge is -2.08. The monoisotopic (exact) mass is 313 g/mol. The molecule has 0 aliphatic carbocycles. The molecule has 7 heteroatoms. The van der Waals surface area contributed by atoms with Crippen LogP contribution in [0.1, 0.15) is 16.1 Å². The number of aromatic nitrogens is 4. The highest BCUT2D eigenvalue weighted by molar-refractivity contribution is 6.33. The first-order chi connectivity index (χ1) is 10.6. The van der Waals surface area contributed by atoms with E-state index in [4.69, 9.17) is 11.6 Å². The Bertz CT molecular complexity index is 799. The number of imidazole rings is 1. The number of aryl methyl sites for hydroxylation is 1. The molecule has 22 heavy (non-hydrogen) atoms. The van der Waals surface area contributed by atoms with Gasteiger partial charge in [-0.15, -0.1) is 0 Å². The number of halogens is 1. The fourth-order valence-electron chi connectivity index (χ4n) is 1.85. The fourth-order valence-corrected chi connectivity index (χ4v) is 2.02. The average molecular weight is 314 g/mol. The highest BCUT2D eigenvalue weighted by atomic mass is 35.5. The van der Waals surface area contributed by atoms with E-state index in [0.717, 1.165) is 5.56 Å². The molecule has 0 atom stereocenters. The lowest BCUT2D eigenvalue weighted by atomic mass is 10.2. The minimum absolute atomic E-state index is 0.112. The Labute approximate surface area is 131 Å². The van der Waals surface area contributed by atoms with E-state index in [1.165, 1.54) is 6.20 Å². The van der Waals surface area contributed by atoms with Gasteiger partial charge in [0.05, 0.1) is 11.2 Å². The normalized spacial score (nSPS) is 10.5. The fraction of sp³-hybridized carbons (Fsp3) is 0.0667. The quantitative estimate of drug-likeness (QED) is 0.807. The lowest BCUT2D eigenvalue weighted by molar-refractivity contribution is 0.102. The van der Waals surface area contributed by atoms with Gasteiger partial charge < -0.3 is 5.32 Å². The van der Waals surface area contributed by atoms with Gasteiger partial charge >= 0.3 is 0 Å². The van der Waals surface area contributed by atoms with Gasteiger partial charge in [-0.2, -0.15) is 0 Å². The molecule has 1 aromatic carbocycles. The van der Waals surface area contributed by atoms with Crippen molar-refractivity contribution in [1.82, 2.24) is 19.5 Å². The van der Waals surface area contributed by atoms with Crippen LogP contribution in [-0.4, -0.2) is 25.4 Å². The van der Waals surface area contributed by atoms with Crippen LogP contribution in [0.3, 0.4) is 0 Å². The summed E-state index contributed by atoms with van der Waals surface area (Å²) in [5.74, 6) is -0.0615. The van der Waals surface area contributed by atoms with Crippen molar-refractivity contribution >= 4 is 23.2 Å². The number of nitrogens with one attached hydrogen (secondary N) is 1. The van der Waals surface area contributed by atoms with Crippen molar-refractivity contribution in [3.05, 3.63) is 65.5 Å². The molecule has 3 rings (SSSR count). The molecule has 2 aromatic heterocycles. The summed E-state index contributed by atoms with van der Waals surface area (Å²) < 4.78 is 1.60. The van der Waals surface area contributed by atoms with Gasteiger partial charge in [-0.25, -0.2) is 15.0 Å². The van der Waals surface area contributed by atoms with Crippen LogP contribution in [0.5, 0.6) is 0 Å². The molecular formula is C15H12ClN5O. The zero-order chi connectivity index (χ0) is 15.5. The molecule has 110 valence electrons. The number of carbonyl (C=O) groups is 1. The zero-order valence-corrected chi connectivity index (χ0v) is 12.4. The highest BCUT2D eigenvalue weighted by Gasteiger charge is 2.15. The summed E-state index contributed by atoms with van der Waals surface area (Å²) in [6.45, 7) is 1.98. The molecule has 2 heterocycles. The van der Waals surface area contributed by atoms with Crippen LogP contribution >= 0.6 is 11.6 Å². The summed E-state index contributed by atoms with van der Waals surface area (Å²) in [7, 11) is 0. The van der Waals surface area contributed by atoms with Gasteiger partial charge in [0.2, 0.25) is 5.95 Å². The predicted octanol–water partition coefficient (Wildman–Crippen LogP) is 2.88. The van der Waals surface area contributed by atoms with E-state index in [1.807, 2.05) is 31.2 Å². The van der Waals surface area contributed by atoms with Crippen molar-refractivity contribution in [2.45, 2.75) is 6.92 Å². The Morgan fingerprint density at radius 1 is 1.27 bits per heavy atom. The SMILES string of the molecule is Cc1ccc(NC(=O)c2nc(-n3ccnc3)ncc2Cl)cc1. The molecule has 6 nitrogen and oxygen atoms in total. The zero-order valence-electron chi connectivity index (χ0n) is 11.7. The second-order valence-electron chi connectivity index (χ2n) is 4.66. The number of benzene rings is 1. The van der Waals surface area contributed by atoms with E-state index in [-0.39, 0.29) is 10.7 Å². The molecule has 0 saturated carbocycles. The number of hydrogen-bond donors (Lipinski definition) is 1. The van der Waals surface area contributed by atoms with E-state index in [1.54, 1.807) is 23.3 Å². The number of carbonyl (C=O) groups excluding carboxylic acids is 1. The van der Waals surface area contributed by atoms with Gasteiger partial charge in [0, 0.05) is 18.1 Å². The molecule has 0 fully saturated rings. The summed E-state index contributed by atoms with van der Waals surface area (Å²) in [5, 5.41) is 2.95. The van der Waals surface area contributed by atoms with Crippen molar-refractivity contribution in [3.63, 3.8) is 0 Å². The van der Waals surface area contributed by atoms with Crippen LogP contribution in [-0.2, 0) is 0 Å². The van der Waals surface area contributed by atoms with E-state index in [2.05, 4.69) is 20.3 Å². The van der Waals surface area contributed by atoms with E-state index < -0.39 is 5.91 Å². The largest absolute Gasteiger partial charge is 0.321 e.